The molecule has 3 aromatic rings. The third-order valence-electron chi connectivity index (χ3n) is 4.43. The van der Waals surface area contributed by atoms with Crippen LogP contribution in [0, 0.1) is 20.8 Å². The van der Waals surface area contributed by atoms with E-state index in [1.54, 1.807) is 0 Å². The summed E-state index contributed by atoms with van der Waals surface area (Å²) >= 11 is 1.17. The molecule has 2 heterocycles. The molecule has 0 spiro atoms. The van der Waals surface area contributed by atoms with Crippen molar-refractivity contribution < 1.29 is 22.7 Å². The third-order valence-corrected chi connectivity index (χ3v) is 5.34. The molecule has 30 heavy (non-hydrogen) atoms. The molecular weight excluding hydrogens is 417 g/mol. The van der Waals surface area contributed by atoms with Gasteiger partial charge in [-0.3, -0.25) is 0 Å². The molecule has 0 saturated heterocycles. The van der Waals surface area contributed by atoms with Crippen LogP contribution in [-0.4, -0.2) is 20.8 Å². The number of rotatable bonds is 5. The highest BCUT2D eigenvalue weighted by Crippen LogP contribution is 2.33. The Hall–Kier alpha value is -2.81. The normalized spacial score (nSPS) is 11.7. The number of halogens is 3. The first kappa shape index (κ1) is 21.9. The minimum Gasteiger partial charge on any atom is -0.507 e. The number of thioether (sulfide) groups is 1. The molecule has 0 bridgehead atoms. The molecule has 0 atom stereocenters. The summed E-state index contributed by atoms with van der Waals surface area (Å²) in [5.74, 6) is 0.483. The molecule has 0 aliphatic carbocycles. The number of alkyl halides is 3. The first-order chi connectivity index (χ1) is 14.1. The smallest absolute Gasteiger partial charge is 0.434 e. The van der Waals surface area contributed by atoms with Crippen LogP contribution in [0.1, 0.15) is 28.1 Å². The quantitative estimate of drug-likeness (QED) is 0.562. The topological polar surface area (TPSA) is 76.2 Å². The molecule has 5 nitrogen and oxygen atoms in total. The standard InChI is InChI=1S/C21H19F3N2O3S/c1-11-6-12(2)18(13(3)7-11)19-15(27)8-14(29-20(19)28)4-5-30-17-10-25-16(9-26-17)21(22,23)24/h6-10,27H,4-5H2,1-3H3. The van der Waals surface area contributed by atoms with Gasteiger partial charge in [-0.1, -0.05) is 17.7 Å². The van der Waals surface area contributed by atoms with Crippen molar-refractivity contribution in [3.05, 3.63) is 69.2 Å². The van der Waals surface area contributed by atoms with E-state index in [1.807, 2.05) is 32.9 Å². The Morgan fingerprint density at radius 3 is 2.23 bits per heavy atom. The molecule has 0 fully saturated rings. The number of nitrogens with zero attached hydrogens (tertiary/aromatic N) is 2. The van der Waals surface area contributed by atoms with Crippen molar-refractivity contribution in [1.82, 2.24) is 9.97 Å². The number of hydrogen-bond donors (Lipinski definition) is 1. The number of aryl methyl sites for hydroxylation is 4. The van der Waals surface area contributed by atoms with Crippen LogP contribution in [0.5, 0.6) is 5.75 Å². The molecule has 3 rings (SSSR count). The molecule has 0 amide bonds. The Morgan fingerprint density at radius 1 is 1.03 bits per heavy atom. The van der Waals surface area contributed by atoms with Crippen LogP contribution in [0.25, 0.3) is 11.1 Å². The molecule has 1 aromatic carbocycles. The van der Waals surface area contributed by atoms with Crippen LogP contribution in [0.2, 0.25) is 0 Å². The molecule has 2 aromatic heterocycles. The Kier molecular flexibility index (Phi) is 6.21. The minimum atomic E-state index is -4.53. The zero-order chi connectivity index (χ0) is 22.1. The van der Waals surface area contributed by atoms with Crippen molar-refractivity contribution in [2.24, 2.45) is 0 Å². The summed E-state index contributed by atoms with van der Waals surface area (Å²) < 4.78 is 42.9. The number of aromatic hydroxyl groups is 1. The van der Waals surface area contributed by atoms with E-state index in [0.717, 1.165) is 22.9 Å². The van der Waals surface area contributed by atoms with E-state index in [-0.39, 0.29) is 23.5 Å². The highest BCUT2D eigenvalue weighted by Gasteiger charge is 2.32. The molecule has 158 valence electrons. The van der Waals surface area contributed by atoms with Gasteiger partial charge in [0.1, 0.15) is 22.1 Å². The maximum absolute atomic E-state index is 12.6. The average molecular weight is 436 g/mol. The summed E-state index contributed by atoms with van der Waals surface area (Å²) in [6.07, 6.45) is -2.53. The van der Waals surface area contributed by atoms with Crippen molar-refractivity contribution in [1.29, 1.82) is 0 Å². The van der Waals surface area contributed by atoms with Gasteiger partial charge in [0.25, 0.3) is 0 Å². The summed E-state index contributed by atoms with van der Waals surface area (Å²) in [6.45, 7) is 5.68. The first-order valence-corrected chi connectivity index (χ1v) is 10.0. The van der Waals surface area contributed by atoms with E-state index >= 15 is 0 Å². The molecule has 0 radical (unpaired) electrons. The van der Waals surface area contributed by atoms with E-state index in [0.29, 0.717) is 22.5 Å². The van der Waals surface area contributed by atoms with E-state index < -0.39 is 17.5 Å². The summed E-state index contributed by atoms with van der Waals surface area (Å²) in [7, 11) is 0. The SMILES string of the molecule is Cc1cc(C)c(-c2c(O)cc(CCSc3cnc(C(F)(F)F)cn3)oc2=O)c(C)c1. The number of benzene rings is 1. The second-order valence-electron chi connectivity index (χ2n) is 6.87. The van der Waals surface area contributed by atoms with Crippen LogP contribution >= 0.6 is 11.8 Å². The van der Waals surface area contributed by atoms with Gasteiger partial charge in [0.15, 0.2) is 5.69 Å². The Labute approximate surface area is 175 Å². The monoisotopic (exact) mass is 436 g/mol. The second kappa shape index (κ2) is 8.51. The van der Waals surface area contributed by atoms with Gasteiger partial charge in [0.05, 0.1) is 12.4 Å². The van der Waals surface area contributed by atoms with Crippen molar-refractivity contribution in [3.63, 3.8) is 0 Å². The van der Waals surface area contributed by atoms with Gasteiger partial charge in [-0.2, -0.15) is 13.2 Å². The number of aromatic nitrogens is 2. The van der Waals surface area contributed by atoms with E-state index in [9.17, 15) is 23.1 Å². The van der Waals surface area contributed by atoms with E-state index in [2.05, 4.69) is 9.97 Å². The van der Waals surface area contributed by atoms with Crippen molar-refractivity contribution in [3.8, 4) is 16.9 Å². The lowest BCUT2D eigenvalue weighted by Crippen LogP contribution is -2.09. The maximum atomic E-state index is 12.6. The minimum absolute atomic E-state index is 0.120. The fourth-order valence-corrected chi connectivity index (χ4v) is 4.02. The van der Waals surface area contributed by atoms with Gasteiger partial charge in [-0.15, -0.1) is 11.8 Å². The fraction of sp³-hybridized carbons (Fsp3) is 0.286. The predicted molar refractivity (Wildman–Crippen MR) is 108 cm³/mol. The summed E-state index contributed by atoms with van der Waals surface area (Å²) in [5, 5.41) is 10.8. The Morgan fingerprint density at radius 2 is 1.70 bits per heavy atom. The van der Waals surface area contributed by atoms with Crippen molar-refractivity contribution in [2.75, 3.05) is 5.75 Å². The number of hydrogen-bond acceptors (Lipinski definition) is 6. The Bertz CT molecular complexity index is 1100. The van der Waals surface area contributed by atoms with Crippen LogP contribution in [0.15, 0.2) is 44.8 Å². The maximum Gasteiger partial charge on any atom is 0.434 e. The van der Waals surface area contributed by atoms with Gasteiger partial charge in [-0.05, 0) is 37.5 Å². The molecule has 0 aliphatic heterocycles. The fourth-order valence-electron chi connectivity index (χ4n) is 3.25. The van der Waals surface area contributed by atoms with Gasteiger partial charge in [0, 0.05) is 18.2 Å². The first-order valence-electron chi connectivity index (χ1n) is 9.02. The van der Waals surface area contributed by atoms with Gasteiger partial charge < -0.3 is 9.52 Å². The van der Waals surface area contributed by atoms with Gasteiger partial charge in [-0.25, -0.2) is 14.8 Å². The lowest BCUT2D eigenvalue weighted by atomic mass is 9.94. The molecule has 0 aliphatic rings. The summed E-state index contributed by atoms with van der Waals surface area (Å²) in [4.78, 5) is 19.6. The molecular formula is C21H19F3N2O3S. The van der Waals surface area contributed by atoms with Crippen molar-refractivity contribution >= 4 is 11.8 Å². The lowest BCUT2D eigenvalue weighted by Gasteiger charge is -2.12. The second-order valence-corrected chi connectivity index (χ2v) is 7.99. The predicted octanol–water partition coefficient (Wildman–Crippen LogP) is 5.08. The third kappa shape index (κ3) is 4.84. The van der Waals surface area contributed by atoms with Gasteiger partial charge >= 0.3 is 11.8 Å². The van der Waals surface area contributed by atoms with Crippen LogP contribution < -0.4 is 5.63 Å². The highest BCUT2D eigenvalue weighted by molar-refractivity contribution is 7.99. The lowest BCUT2D eigenvalue weighted by molar-refractivity contribution is -0.141. The van der Waals surface area contributed by atoms with Gasteiger partial charge in [0.2, 0.25) is 0 Å². The van der Waals surface area contributed by atoms with Crippen molar-refractivity contribution in [2.45, 2.75) is 38.4 Å². The molecule has 0 unspecified atom stereocenters. The van der Waals surface area contributed by atoms with Crippen LogP contribution in [0.3, 0.4) is 0 Å². The van der Waals surface area contributed by atoms with Crippen LogP contribution in [0.4, 0.5) is 13.2 Å². The highest BCUT2D eigenvalue weighted by atomic mass is 32.2. The zero-order valence-electron chi connectivity index (χ0n) is 16.5. The van der Waals surface area contributed by atoms with E-state index in [1.165, 1.54) is 17.8 Å². The Balaban J connectivity index is 1.74. The molecule has 9 heteroatoms. The van der Waals surface area contributed by atoms with Crippen LogP contribution in [-0.2, 0) is 12.6 Å². The summed E-state index contributed by atoms with van der Waals surface area (Å²) in [5.41, 5.74) is 1.85. The molecule has 0 saturated carbocycles. The summed E-state index contributed by atoms with van der Waals surface area (Å²) in [6, 6.07) is 5.25. The molecule has 1 N–H and O–H groups in total. The van der Waals surface area contributed by atoms with E-state index in [4.69, 9.17) is 4.42 Å². The largest absolute Gasteiger partial charge is 0.507 e. The zero-order valence-corrected chi connectivity index (χ0v) is 17.3. The average Bonchev–Trinajstić information content (AvgIpc) is 2.63.